The minimum atomic E-state index is -0.188. The Morgan fingerprint density at radius 1 is 1.67 bits per heavy atom. The molecule has 2 aromatic rings. The number of nitrogens with one attached hydrogen (secondary N) is 2. The molecular formula is C8H10N6O. The van der Waals surface area contributed by atoms with Gasteiger partial charge in [-0.2, -0.15) is 5.10 Å². The van der Waals surface area contributed by atoms with Crippen molar-refractivity contribution < 1.29 is 4.79 Å². The molecule has 0 fully saturated rings. The van der Waals surface area contributed by atoms with Crippen molar-refractivity contribution in [2.45, 2.75) is 13.5 Å². The first kappa shape index (κ1) is 9.38. The predicted molar refractivity (Wildman–Crippen MR) is 52.0 cm³/mol. The maximum absolute atomic E-state index is 11.4. The molecule has 0 aliphatic carbocycles. The lowest BCUT2D eigenvalue weighted by molar-refractivity contribution is -0.116. The van der Waals surface area contributed by atoms with Crippen LogP contribution >= 0.6 is 0 Å². The van der Waals surface area contributed by atoms with E-state index in [0.717, 1.165) is 5.69 Å². The molecule has 2 N–H and O–H groups in total. The summed E-state index contributed by atoms with van der Waals surface area (Å²) in [4.78, 5) is 11.4. The number of hydrogen-bond acceptors (Lipinski definition) is 4. The van der Waals surface area contributed by atoms with Gasteiger partial charge in [0, 0.05) is 18.0 Å². The van der Waals surface area contributed by atoms with E-state index in [-0.39, 0.29) is 12.5 Å². The van der Waals surface area contributed by atoms with E-state index in [2.05, 4.69) is 25.8 Å². The Morgan fingerprint density at radius 3 is 3.13 bits per heavy atom. The zero-order chi connectivity index (χ0) is 10.7. The first-order valence-electron chi connectivity index (χ1n) is 4.40. The average Bonchev–Trinajstić information content (AvgIpc) is 2.77. The molecule has 15 heavy (non-hydrogen) atoms. The molecule has 1 amide bonds. The molecule has 0 aliphatic heterocycles. The van der Waals surface area contributed by atoms with Gasteiger partial charge < -0.3 is 5.32 Å². The Bertz CT molecular complexity index is 445. The molecule has 7 nitrogen and oxygen atoms in total. The molecule has 0 unspecified atom stereocenters. The van der Waals surface area contributed by atoms with Crippen LogP contribution in [0.2, 0.25) is 0 Å². The number of carbonyl (C=O) groups excluding carboxylic acids is 1. The number of anilines is 1. The lowest BCUT2D eigenvalue weighted by Crippen LogP contribution is -2.19. The fraction of sp³-hybridized carbons (Fsp3) is 0.250. The second kappa shape index (κ2) is 3.91. The highest BCUT2D eigenvalue weighted by Gasteiger charge is 2.05. The van der Waals surface area contributed by atoms with E-state index in [1.807, 2.05) is 6.92 Å². The molecule has 0 aliphatic rings. The summed E-state index contributed by atoms with van der Waals surface area (Å²) in [6.45, 7) is 1.99. The number of aromatic nitrogens is 5. The van der Waals surface area contributed by atoms with E-state index < -0.39 is 0 Å². The lowest BCUT2D eigenvalue weighted by Gasteiger charge is -2.00. The monoisotopic (exact) mass is 206 g/mol. The Balaban J connectivity index is 1.93. The van der Waals surface area contributed by atoms with Crippen molar-refractivity contribution in [3.8, 4) is 0 Å². The Morgan fingerprint density at radius 2 is 2.53 bits per heavy atom. The molecule has 0 atom stereocenters. The minimum absolute atomic E-state index is 0.131. The van der Waals surface area contributed by atoms with Crippen LogP contribution in [0.3, 0.4) is 0 Å². The highest BCUT2D eigenvalue weighted by atomic mass is 16.2. The molecule has 7 heteroatoms. The Kier molecular flexibility index (Phi) is 2.44. The van der Waals surface area contributed by atoms with Gasteiger partial charge in [-0.3, -0.25) is 9.89 Å². The molecule has 2 aromatic heterocycles. The number of H-pyrrole nitrogens is 1. The van der Waals surface area contributed by atoms with E-state index in [4.69, 9.17) is 0 Å². The van der Waals surface area contributed by atoms with E-state index >= 15 is 0 Å². The molecule has 0 radical (unpaired) electrons. The summed E-state index contributed by atoms with van der Waals surface area (Å²) in [6.07, 6.45) is 3.14. The number of hydrogen-bond donors (Lipinski definition) is 2. The number of amides is 1. The highest BCUT2D eigenvalue weighted by Crippen LogP contribution is 2.03. The maximum atomic E-state index is 11.4. The van der Waals surface area contributed by atoms with Crippen molar-refractivity contribution in [2.75, 3.05) is 5.32 Å². The quantitative estimate of drug-likeness (QED) is 0.736. The standard InChI is InChI=1S/C8H10N6O/c1-6-4-7(12-11-6)10-8(15)5-14-3-2-9-13-14/h2-4H,5H2,1H3,(H2,10,11,12,15). The van der Waals surface area contributed by atoms with Gasteiger partial charge in [0.15, 0.2) is 5.82 Å². The van der Waals surface area contributed by atoms with Crippen LogP contribution < -0.4 is 5.32 Å². The average molecular weight is 206 g/mol. The van der Waals surface area contributed by atoms with Gasteiger partial charge in [0.05, 0.1) is 6.20 Å². The summed E-state index contributed by atoms with van der Waals surface area (Å²) in [5, 5.41) is 16.5. The number of rotatable bonds is 3. The van der Waals surface area contributed by atoms with E-state index in [9.17, 15) is 4.79 Å². The van der Waals surface area contributed by atoms with Crippen LogP contribution in [0.25, 0.3) is 0 Å². The van der Waals surface area contributed by atoms with Crippen LogP contribution in [0, 0.1) is 6.92 Å². The Hall–Kier alpha value is -2.18. The molecular weight excluding hydrogens is 196 g/mol. The van der Waals surface area contributed by atoms with Crippen LogP contribution in [0.5, 0.6) is 0 Å². The van der Waals surface area contributed by atoms with Crippen LogP contribution in [-0.2, 0) is 11.3 Å². The van der Waals surface area contributed by atoms with Gasteiger partial charge in [-0.25, -0.2) is 4.68 Å². The summed E-state index contributed by atoms with van der Waals surface area (Å²) < 4.78 is 1.44. The number of aromatic amines is 1. The van der Waals surface area contributed by atoms with Gasteiger partial charge in [0.25, 0.3) is 0 Å². The lowest BCUT2D eigenvalue weighted by atomic mass is 10.4. The van der Waals surface area contributed by atoms with Crippen molar-refractivity contribution in [1.82, 2.24) is 25.2 Å². The molecule has 2 heterocycles. The zero-order valence-corrected chi connectivity index (χ0v) is 8.14. The topological polar surface area (TPSA) is 88.5 Å². The molecule has 0 aromatic carbocycles. The molecule has 2 rings (SSSR count). The van der Waals surface area contributed by atoms with Crippen molar-refractivity contribution in [3.05, 3.63) is 24.2 Å². The maximum Gasteiger partial charge on any atom is 0.247 e. The van der Waals surface area contributed by atoms with Crippen molar-refractivity contribution in [2.24, 2.45) is 0 Å². The molecule has 0 spiro atoms. The SMILES string of the molecule is Cc1cc(NC(=O)Cn2ccnn2)n[nH]1. The van der Waals surface area contributed by atoms with Gasteiger partial charge >= 0.3 is 0 Å². The Labute approximate surface area is 85.5 Å². The number of aryl methyl sites for hydroxylation is 1. The van der Waals surface area contributed by atoms with Gasteiger partial charge in [-0.15, -0.1) is 5.10 Å². The minimum Gasteiger partial charge on any atom is -0.308 e. The zero-order valence-electron chi connectivity index (χ0n) is 8.14. The second-order valence-corrected chi connectivity index (χ2v) is 3.09. The van der Waals surface area contributed by atoms with Gasteiger partial charge in [-0.1, -0.05) is 5.21 Å². The van der Waals surface area contributed by atoms with Crippen LogP contribution in [0.15, 0.2) is 18.5 Å². The normalized spacial score (nSPS) is 10.2. The third kappa shape index (κ3) is 2.39. The van der Waals surface area contributed by atoms with Crippen LogP contribution in [0.1, 0.15) is 5.69 Å². The smallest absolute Gasteiger partial charge is 0.247 e. The first-order chi connectivity index (χ1) is 7.24. The first-order valence-corrected chi connectivity index (χ1v) is 4.40. The fourth-order valence-corrected chi connectivity index (χ4v) is 1.13. The second-order valence-electron chi connectivity index (χ2n) is 3.09. The van der Waals surface area contributed by atoms with Gasteiger partial charge in [-0.05, 0) is 6.92 Å². The van der Waals surface area contributed by atoms with Crippen molar-refractivity contribution in [3.63, 3.8) is 0 Å². The van der Waals surface area contributed by atoms with Gasteiger partial charge in [0.2, 0.25) is 5.91 Å². The van der Waals surface area contributed by atoms with Crippen LogP contribution in [-0.4, -0.2) is 31.1 Å². The molecule has 78 valence electrons. The highest BCUT2D eigenvalue weighted by molar-refractivity contribution is 5.89. The molecule has 0 saturated heterocycles. The molecule has 0 saturated carbocycles. The van der Waals surface area contributed by atoms with Crippen LogP contribution in [0.4, 0.5) is 5.82 Å². The number of nitrogens with zero attached hydrogens (tertiary/aromatic N) is 4. The predicted octanol–water partition coefficient (Wildman–Crippen LogP) is -0.0517. The largest absolute Gasteiger partial charge is 0.308 e. The summed E-state index contributed by atoms with van der Waals surface area (Å²) in [7, 11) is 0. The van der Waals surface area contributed by atoms with Gasteiger partial charge in [0.1, 0.15) is 6.54 Å². The summed E-state index contributed by atoms with van der Waals surface area (Å²) >= 11 is 0. The van der Waals surface area contributed by atoms with E-state index in [1.54, 1.807) is 12.3 Å². The van der Waals surface area contributed by atoms with Crippen molar-refractivity contribution >= 4 is 11.7 Å². The van der Waals surface area contributed by atoms with Crippen molar-refractivity contribution in [1.29, 1.82) is 0 Å². The summed E-state index contributed by atoms with van der Waals surface area (Å²) in [6, 6.07) is 1.75. The third-order valence-electron chi connectivity index (χ3n) is 1.75. The fourth-order valence-electron chi connectivity index (χ4n) is 1.13. The summed E-state index contributed by atoms with van der Waals surface area (Å²) in [5.74, 6) is 0.324. The third-order valence-corrected chi connectivity index (χ3v) is 1.75. The summed E-state index contributed by atoms with van der Waals surface area (Å²) in [5.41, 5.74) is 0.894. The molecule has 0 bridgehead atoms. The number of carbonyl (C=O) groups is 1. The van der Waals surface area contributed by atoms with E-state index in [0.29, 0.717) is 5.82 Å². The van der Waals surface area contributed by atoms with E-state index in [1.165, 1.54) is 10.9 Å².